The summed E-state index contributed by atoms with van der Waals surface area (Å²) >= 11 is 0. The molecule has 0 saturated carbocycles. The van der Waals surface area contributed by atoms with Crippen molar-refractivity contribution in [3.63, 3.8) is 0 Å². The molecule has 2 aromatic rings. The summed E-state index contributed by atoms with van der Waals surface area (Å²) in [7, 11) is 0. The van der Waals surface area contributed by atoms with E-state index in [0.717, 1.165) is 18.5 Å². The van der Waals surface area contributed by atoms with Crippen LogP contribution in [0.15, 0.2) is 18.3 Å². The number of rotatable bonds is 8. The first-order chi connectivity index (χ1) is 10.1. The van der Waals surface area contributed by atoms with E-state index >= 15 is 0 Å². The van der Waals surface area contributed by atoms with Crippen molar-refractivity contribution in [2.45, 2.75) is 46.0 Å². The van der Waals surface area contributed by atoms with Gasteiger partial charge in [-0.05, 0) is 25.5 Å². The minimum atomic E-state index is -0.856. The van der Waals surface area contributed by atoms with E-state index in [1.807, 2.05) is 29.7 Å². The number of ether oxygens (including phenoxy) is 1. The van der Waals surface area contributed by atoms with Crippen LogP contribution >= 0.6 is 0 Å². The maximum Gasteiger partial charge on any atom is 0.309 e. The van der Waals surface area contributed by atoms with Gasteiger partial charge in [0.15, 0.2) is 11.4 Å². The smallest absolute Gasteiger partial charge is 0.309 e. The lowest BCUT2D eigenvalue weighted by molar-refractivity contribution is -0.136. The van der Waals surface area contributed by atoms with Crippen LogP contribution in [-0.4, -0.2) is 27.1 Å². The van der Waals surface area contributed by atoms with Crippen LogP contribution in [0.1, 0.15) is 44.0 Å². The van der Waals surface area contributed by atoms with Crippen LogP contribution in [0.4, 0.5) is 0 Å². The maximum atomic E-state index is 10.9. The number of unbranched alkanes of at least 4 members (excludes halogenated alkanes) is 3. The lowest BCUT2D eigenvalue weighted by Crippen LogP contribution is -2.05. The van der Waals surface area contributed by atoms with Gasteiger partial charge in [-0.1, -0.05) is 26.2 Å². The van der Waals surface area contributed by atoms with E-state index in [-0.39, 0.29) is 6.42 Å². The summed E-state index contributed by atoms with van der Waals surface area (Å²) < 4.78 is 7.62. The minimum absolute atomic E-state index is 0.0348. The highest BCUT2D eigenvalue weighted by molar-refractivity contribution is 5.71. The van der Waals surface area contributed by atoms with Crippen LogP contribution in [0.2, 0.25) is 0 Å². The quantitative estimate of drug-likeness (QED) is 0.758. The molecule has 0 bridgehead atoms. The summed E-state index contributed by atoms with van der Waals surface area (Å²) in [5.74, 6) is -0.139. The fourth-order valence-electron chi connectivity index (χ4n) is 2.38. The van der Waals surface area contributed by atoms with Crippen molar-refractivity contribution in [1.29, 1.82) is 0 Å². The van der Waals surface area contributed by atoms with E-state index < -0.39 is 5.97 Å². The molecule has 0 fully saturated rings. The van der Waals surface area contributed by atoms with Crippen LogP contribution in [0.3, 0.4) is 0 Å². The number of imidazole rings is 1. The van der Waals surface area contributed by atoms with Gasteiger partial charge in [0.05, 0.1) is 24.4 Å². The zero-order chi connectivity index (χ0) is 15.2. The van der Waals surface area contributed by atoms with Gasteiger partial charge in [-0.2, -0.15) is 0 Å². The third-order valence-electron chi connectivity index (χ3n) is 3.49. The Balaban J connectivity index is 2.16. The van der Waals surface area contributed by atoms with Crippen LogP contribution < -0.4 is 4.74 Å². The average molecular weight is 290 g/mol. The highest BCUT2D eigenvalue weighted by Crippen LogP contribution is 2.22. The van der Waals surface area contributed by atoms with E-state index in [2.05, 4.69) is 11.9 Å². The molecule has 21 heavy (non-hydrogen) atoms. The van der Waals surface area contributed by atoms with Crippen molar-refractivity contribution < 1.29 is 14.6 Å². The zero-order valence-corrected chi connectivity index (χ0v) is 12.6. The molecule has 1 N–H and O–H groups in total. The SMILES string of the molecule is CCCCCCOc1cccn2c(CC(=O)O)c(C)nc12. The van der Waals surface area contributed by atoms with Gasteiger partial charge in [-0.15, -0.1) is 0 Å². The lowest BCUT2D eigenvalue weighted by Gasteiger charge is -2.07. The summed E-state index contributed by atoms with van der Waals surface area (Å²) in [6, 6.07) is 3.74. The molecule has 0 saturated heterocycles. The predicted octanol–water partition coefficient (Wildman–Crippen LogP) is 3.23. The Labute approximate surface area is 124 Å². The van der Waals surface area contributed by atoms with E-state index in [0.29, 0.717) is 23.7 Å². The van der Waals surface area contributed by atoms with Gasteiger partial charge in [0.1, 0.15) is 0 Å². The Morgan fingerprint density at radius 1 is 1.38 bits per heavy atom. The van der Waals surface area contributed by atoms with Crippen molar-refractivity contribution in [2.75, 3.05) is 6.61 Å². The van der Waals surface area contributed by atoms with E-state index in [1.54, 1.807) is 0 Å². The molecule has 0 atom stereocenters. The van der Waals surface area contributed by atoms with E-state index in [4.69, 9.17) is 9.84 Å². The second kappa shape index (κ2) is 7.11. The van der Waals surface area contributed by atoms with E-state index in [1.165, 1.54) is 12.8 Å². The molecule has 0 aliphatic rings. The largest absolute Gasteiger partial charge is 0.490 e. The molecule has 0 spiro atoms. The van der Waals surface area contributed by atoms with Gasteiger partial charge in [0.25, 0.3) is 0 Å². The summed E-state index contributed by atoms with van der Waals surface area (Å²) in [4.78, 5) is 15.4. The van der Waals surface area contributed by atoms with E-state index in [9.17, 15) is 4.79 Å². The molecule has 0 aliphatic carbocycles. The summed E-state index contributed by atoms with van der Waals surface area (Å²) in [6.07, 6.45) is 6.41. The van der Waals surface area contributed by atoms with Crippen LogP contribution in [0.5, 0.6) is 5.75 Å². The van der Waals surface area contributed by atoms with Gasteiger partial charge < -0.3 is 14.2 Å². The standard InChI is InChI=1S/C16H22N2O3/c1-3-4-5-6-10-21-14-8-7-9-18-13(11-15(19)20)12(2)17-16(14)18/h7-9H,3-6,10-11H2,1-2H3,(H,19,20). The third-order valence-corrected chi connectivity index (χ3v) is 3.49. The first-order valence-corrected chi connectivity index (χ1v) is 7.44. The molecular weight excluding hydrogens is 268 g/mol. The van der Waals surface area contributed by atoms with Crippen LogP contribution in [0.25, 0.3) is 5.65 Å². The fraction of sp³-hybridized carbons (Fsp3) is 0.500. The molecule has 0 radical (unpaired) electrons. The number of aromatic nitrogens is 2. The molecule has 0 unspecified atom stereocenters. The molecule has 114 valence electrons. The minimum Gasteiger partial charge on any atom is -0.490 e. The zero-order valence-electron chi connectivity index (χ0n) is 12.6. The number of nitrogens with zero attached hydrogens (tertiary/aromatic N) is 2. The van der Waals surface area contributed by atoms with Crippen LogP contribution in [0, 0.1) is 6.92 Å². The Hall–Kier alpha value is -2.04. The molecule has 0 aromatic carbocycles. The summed E-state index contributed by atoms with van der Waals surface area (Å²) in [5.41, 5.74) is 2.13. The van der Waals surface area contributed by atoms with Gasteiger partial charge >= 0.3 is 5.97 Å². The van der Waals surface area contributed by atoms with Gasteiger partial charge in [0.2, 0.25) is 0 Å². The number of hydrogen-bond acceptors (Lipinski definition) is 3. The molecular formula is C16H22N2O3. The molecule has 0 aliphatic heterocycles. The number of fused-ring (bicyclic) bond motifs is 1. The Morgan fingerprint density at radius 2 is 2.19 bits per heavy atom. The predicted molar refractivity (Wildman–Crippen MR) is 80.9 cm³/mol. The molecule has 5 heteroatoms. The summed E-state index contributed by atoms with van der Waals surface area (Å²) in [5, 5.41) is 8.99. The monoisotopic (exact) mass is 290 g/mol. The second-order valence-corrected chi connectivity index (χ2v) is 5.19. The Kier molecular flexibility index (Phi) is 5.20. The fourth-order valence-corrected chi connectivity index (χ4v) is 2.38. The number of aliphatic carboxylic acids is 1. The number of pyridine rings is 1. The second-order valence-electron chi connectivity index (χ2n) is 5.19. The number of carboxylic acids is 1. The third kappa shape index (κ3) is 3.74. The molecule has 2 rings (SSSR count). The highest BCUT2D eigenvalue weighted by atomic mass is 16.5. The summed E-state index contributed by atoms with van der Waals surface area (Å²) in [6.45, 7) is 4.68. The van der Waals surface area contributed by atoms with Gasteiger partial charge in [0, 0.05) is 6.20 Å². The first kappa shape index (κ1) is 15.4. The van der Waals surface area contributed by atoms with Crippen molar-refractivity contribution in [1.82, 2.24) is 9.38 Å². The normalized spacial score (nSPS) is 11.0. The molecule has 2 aromatic heterocycles. The van der Waals surface area contributed by atoms with Crippen molar-refractivity contribution in [2.24, 2.45) is 0 Å². The number of hydrogen-bond donors (Lipinski definition) is 1. The van der Waals surface area contributed by atoms with Gasteiger partial charge in [-0.3, -0.25) is 4.79 Å². The number of aryl methyl sites for hydroxylation is 1. The Morgan fingerprint density at radius 3 is 2.90 bits per heavy atom. The number of carboxylic acid groups (broad SMARTS) is 1. The topological polar surface area (TPSA) is 63.8 Å². The maximum absolute atomic E-state index is 10.9. The molecule has 5 nitrogen and oxygen atoms in total. The van der Waals surface area contributed by atoms with Gasteiger partial charge in [-0.25, -0.2) is 4.98 Å². The van der Waals surface area contributed by atoms with Crippen molar-refractivity contribution >= 4 is 11.6 Å². The lowest BCUT2D eigenvalue weighted by atomic mass is 10.2. The van der Waals surface area contributed by atoms with Crippen LogP contribution in [-0.2, 0) is 11.2 Å². The highest BCUT2D eigenvalue weighted by Gasteiger charge is 2.14. The molecule has 0 amide bonds. The van der Waals surface area contributed by atoms with Crippen molar-refractivity contribution in [3.8, 4) is 5.75 Å². The first-order valence-electron chi connectivity index (χ1n) is 7.44. The van der Waals surface area contributed by atoms with Crippen molar-refractivity contribution in [3.05, 3.63) is 29.7 Å². The average Bonchev–Trinajstić information content (AvgIpc) is 2.75. The number of carbonyl (C=O) groups is 1. The molecule has 2 heterocycles. The Bertz CT molecular complexity index is 619.